The fourth-order valence-electron chi connectivity index (χ4n) is 3.67. The third-order valence-corrected chi connectivity index (χ3v) is 8.28. The number of esters is 2. The number of benzene rings is 1. The first kappa shape index (κ1) is 22.3. The van der Waals surface area contributed by atoms with Gasteiger partial charge >= 0.3 is 17.7 Å². The molecule has 0 aliphatic carbocycles. The van der Waals surface area contributed by atoms with Crippen LogP contribution in [-0.4, -0.2) is 69.6 Å². The Kier molecular flexibility index (Phi) is 5.72. The Bertz CT molecular complexity index is 931. The van der Waals surface area contributed by atoms with Gasteiger partial charge in [-0.15, -0.1) is 0 Å². The molecule has 1 fully saturated rings. The fourth-order valence-corrected chi connectivity index (χ4v) is 4.67. The van der Waals surface area contributed by atoms with Gasteiger partial charge in [0.15, 0.2) is 0 Å². The molecule has 1 aromatic rings. The van der Waals surface area contributed by atoms with E-state index in [1.54, 1.807) is 26.0 Å². The van der Waals surface area contributed by atoms with Gasteiger partial charge in [0.1, 0.15) is 6.04 Å². The second-order valence-corrected chi connectivity index (χ2v) is 9.45. The number of halogens is 1. The van der Waals surface area contributed by atoms with Crippen LogP contribution in [-0.2, 0) is 23.9 Å². The Morgan fingerprint density at radius 2 is 1.67 bits per heavy atom. The predicted octanol–water partition coefficient (Wildman–Crippen LogP) is 1.75. The average Bonchev–Trinajstić information content (AvgIpc) is 2.96. The highest BCUT2D eigenvalue weighted by Gasteiger charge is 2.67. The molecular weight excluding hydrogens is 480 g/mol. The first-order chi connectivity index (χ1) is 14.0. The minimum Gasteiger partial charge on any atom is -0.465 e. The Hall–Kier alpha value is -2.40. The normalized spacial score (nSPS) is 20.4. The minimum atomic E-state index is -2.10. The number of nitrogens with zero attached hydrogens (tertiary/aromatic N) is 2. The Morgan fingerprint density at radius 3 is 2.07 bits per heavy atom. The molecule has 11 heteroatoms. The molecule has 3 rings (SSSR count). The predicted molar refractivity (Wildman–Crippen MR) is 110 cm³/mol. The van der Waals surface area contributed by atoms with Gasteiger partial charge in [-0.2, -0.15) is 0 Å². The standard InChI is InChI=1S/C19H19BrN2O7S/c1-10(23)29-19(17(27)28-4,18(2,3)30-20)21-9-13(16(21)26)22-14(24)11-7-5-6-8-12(11)15(22)25/h5-8,13H,9H2,1-4H3. The lowest BCUT2D eigenvalue weighted by atomic mass is 9.90. The van der Waals surface area contributed by atoms with Crippen LogP contribution in [0, 0.1) is 0 Å². The van der Waals surface area contributed by atoms with Crippen molar-refractivity contribution in [3.8, 4) is 0 Å². The monoisotopic (exact) mass is 498 g/mol. The largest absolute Gasteiger partial charge is 0.465 e. The first-order valence-corrected chi connectivity index (χ1v) is 11.6. The van der Waals surface area contributed by atoms with E-state index in [0.29, 0.717) is 0 Å². The second-order valence-electron chi connectivity index (χ2n) is 7.31. The van der Waals surface area contributed by atoms with Crippen LogP contribution in [0.5, 0.6) is 0 Å². The summed E-state index contributed by atoms with van der Waals surface area (Å²) in [5, 5.41) is 0. The summed E-state index contributed by atoms with van der Waals surface area (Å²) < 4.78 is 9.10. The molecule has 2 unspecified atom stereocenters. The third-order valence-electron chi connectivity index (χ3n) is 5.19. The molecule has 3 amide bonds. The van der Waals surface area contributed by atoms with Crippen molar-refractivity contribution in [3.63, 3.8) is 0 Å². The number of likely N-dealkylation sites (tertiary alicyclic amines) is 1. The number of hydrogen-bond donors (Lipinski definition) is 0. The molecule has 0 bridgehead atoms. The molecule has 30 heavy (non-hydrogen) atoms. The van der Waals surface area contributed by atoms with Gasteiger partial charge in [-0.25, -0.2) is 4.79 Å². The Balaban J connectivity index is 1.98. The van der Waals surface area contributed by atoms with Crippen molar-refractivity contribution in [1.29, 1.82) is 0 Å². The van der Waals surface area contributed by atoms with Gasteiger partial charge in [-0.3, -0.25) is 29.0 Å². The number of imide groups is 1. The number of fused-ring (bicyclic) bond motifs is 1. The zero-order chi connectivity index (χ0) is 22.4. The average molecular weight is 499 g/mol. The summed E-state index contributed by atoms with van der Waals surface area (Å²) in [4.78, 5) is 65.2. The number of amides is 3. The van der Waals surface area contributed by atoms with Crippen molar-refractivity contribution in [3.05, 3.63) is 35.4 Å². The van der Waals surface area contributed by atoms with E-state index < -0.39 is 46.2 Å². The lowest BCUT2D eigenvalue weighted by Crippen LogP contribution is -2.78. The number of methoxy groups -OCH3 is 1. The van der Waals surface area contributed by atoms with Crippen LogP contribution in [0.4, 0.5) is 0 Å². The van der Waals surface area contributed by atoms with Crippen molar-refractivity contribution in [1.82, 2.24) is 9.80 Å². The highest BCUT2D eigenvalue weighted by molar-refractivity contribution is 9.50. The molecule has 2 atom stereocenters. The summed E-state index contributed by atoms with van der Waals surface area (Å²) >= 11 is 3.22. The summed E-state index contributed by atoms with van der Waals surface area (Å²) in [7, 11) is 2.13. The maximum atomic E-state index is 13.2. The van der Waals surface area contributed by atoms with Gasteiger partial charge in [-0.1, -0.05) is 22.3 Å². The van der Waals surface area contributed by atoms with Crippen molar-refractivity contribution in [2.24, 2.45) is 0 Å². The molecular formula is C19H19BrN2O7S. The van der Waals surface area contributed by atoms with Crippen molar-refractivity contribution < 1.29 is 33.4 Å². The number of hydrogen-bond acceptors (Lipinski definition) is 8. The fraction of sp³-hybridized carbons (Fsp3) is 0.421. The van der Waals surface area contributed by atoms with E-state index in [4.69, 9.17) is 9.47 Å². The van der Waals surface area contributed by atoms with Gasteiger partial charge in [0.05, 0.1) is 29.5 Å². The second kappa shape index (κ2) is 7.69. The van der Waals surface area contributed by atoms with E-state index in [1.165, 1.54) is 12.1 Å². The Labute approximate surface area is 184 Å². The lowest BCUT2D eigenvalue weighted by molar-refractivity contribution is -0.223. The van der Waals surface area contributed by atoms with Crippen LogP contribution in [0.15, 0.2) is 24.3 Å². The van der Waals surface area contributed by atoms with Crippen molar-refractivity contribution in [2.75, 3.05) is 13.7 Å². The van der Waals surface area contributed by atoms with E-state index in [-0.39, 0.29) is 17.7 Å². The van der Waals surface area contributed by atoms with Crippen LogP contribution in [0.1, 0.15) is 41.5 Å². The molecule has 2 aliphatic heterocycles. The molecule has 160 valence electrons. The molecule has 1 aromatic carbocycles. The van der Waals surface area contributed by atoms with Crippen molar-refractivity contribution in [2.45, 2.75) is 37.3 Å². The molecule has 2 aliphatic rings. The van der Waals surface area contributed by atoms with Crippen LogP contribution in [0.2, 0.25) is 0 Å². The van der Waals surface area contributed by atoms with Gasteiger partial charge in [0, 0.05) is 6.92 Å². The molecule has 0 aromatic heterocycles. The van der Waals surface area contributed by atoms with E-state index in [1.807, 2.05) is 0 Å². The zero-order valence-corrected chi connectivity index (χ0v) is 19.0. The Morgan fingerprint density at radius 1 is 1.13 bits per heavy atom. The summed E-state index contributed by atoms with van der Waals surface area (Å²) in [5.41, 5.74) is -1.68. The summed E-state index contributed by atoms with van der Waals surface area (Å²) in [6, 6.07) is 5.16. The van der Waals surface area contributed by atoms with Crippen molar-refractivity contribution >= 4 is 54.7 Å². The van der Waals surface area contributed by atoms with E-state index >= 15 is 0 Å². The van der Waals surface area contributed by atoms with E-state index in [9.17, 15) is 24.0 Å². The van der Waals surface area contributed by atoms with Gasteiger partial charge in [0.2, 0.25) is 0 Å². The molecule has 0 saturated carbocycles. The van der Waals surface area contributed by atoms with Crippen LogP contribution < -0.4 is 0 Å². The summed E-state index contributed by atoms with van der Waals surface area (Å²) in [6.07, 6.45) is 0. The van der Waals surface area contributed by atoms with Crippen LogP contribution in [0.25, 0.3) is 0 Å². The highest BCUT2D eigenvalue weighted by atomic mass is 79.9. The zero-order valence-electron chi connectivity index (χ0n) is 16.6. The molecule has 2 heterocycles. The quantitative estimate of drug-likeness (QED) is 0.331. The smallest absolute Gasteiger partial charge is 0.374 e. The van der Waals surface area contributed by atoms with Gasteiger partial charge in [0.25, 0.3) is 17.7 Å². The third kappa shape index (κ3) is 3.02. The lowest BCUT2D eigenvalue weighted by Gasteiger charge is -2.54. The number of ether oxygens (including phenoxy) is 2. The van der Waals surface area contributed by atoms with Crippen LogP contribution in [0.3, 0.4) is 0 Å². The molecule has 1 saturated heterocycles. The van der Waals surface area contributed by atoms with Gasteiger partial charge < -0.3 is 9.47 Å². The SMILES string of the molecule is COC(=O)C(OC(C)=O)(N1CC(N2C(=O)c3ccccc3C2=O)C1=O)C(C)(C)SBr. The molecule has 0 radical (unpaired) electrons. The van der Waals surface area contributed by atoms with Gasteiger partial charge in [-0.05, 0) is 40.8 Å². The summed E-state index contributed by atoms with van der Waals surface area (Å²) in [6.45, 7) is 4.10. The minimum absolute atomic E-state index is 0.191. The maximum absolute atomic E-state index is 13.2. The van der Waals surface area contributed by atoms with E-state index in [2.05, 4.69) is 14.8 Å². The highest BCUT2D eigenvalue weighted by Crippen LogP contribution is 2.47. The molecule has 0 N–H and O–H groups in total. The molecule has 9 nitrogen and oxygen atoms in total. The van der Waals surface area contributed by atoms with Crippen LogP contribution >= 0.6 is 25.0 Å². The summed E-state index contributed by atoms with van der Waals surface area (Å²) in [5.74, 6) is -3.63. The first-order valence-electron chi connectivity index (χ1n) is 8.89. The molecule has 0 spiro atoms. The number of β-lactam (4-membered cyclic amide) rings is 1. The van der Waals surface area contributed by atoms with E-state index in [0.717, 1.165) is 34.0 Å². The maximum Gasteiger partial charge on any atom is 0.374 e. The number of rotatable bonds is 6. The number of carbonyl (C=O) groups is 5. The number of carbonyl (C=O) groups excluding carboxylic acids is 5. The topological polar surface area (TPSA) is 110 Å².